The Morgan fingerprint density at radius 2 is 1.81 bits per heavy atom. The highest BCUT2D eigenvalue weighted by atomic mass is 16.6. The van der Waals surface area contributed by atoms with E-state index in [0.29, 0.717) is 12.3 Å². The molecule has 0 unspecified atom stereocenters. The van der Waals surface area contributed by atoms with Crippen LogP contribution in [0.5, 0.6) is 5.75 Å². The zero-order valence-corrected chi connectivity index (χ0v) is 14.9. The van der Waals surface area contributed by atoms with E-state index in [0.717, 1.165) is 36.1 Å². The van der Waals surface area contributed by atoms with Crippen molar-refractivity contribution in [1.29, 1.82) is 0 Å². The second-order valence-corrected chi connectivity index (χ2v) is 6.19. The number of anilines is 1. The van der Waals surface area contributed by atoms with E-state index >= 15 is 0 Å². The number of para-hydroxylation sites is 2. The van der Waals surface area contributed by atoms with Gasteiger partial charge in [0.2, 0.25) is 0 Å². The number of benzene rings is 2. The van der Waals surface area contributed by atoms with Crippen molar-refractivity contribution in [3.8, 4) is 5.75 Å². The van der Waals surface area contributed by atoms with E-state index in [1.54, 1.807) is 4.90 Å². The smallest absolute Gasteiger partial charge is 0.344 e. The summed E-state index contributed by atoms with van der Waals surface area (Å²) in [5.41, 5.74) is 3.09. The van der Waals surface area contributed by atoms with Gasteiger partial charge in [0, 0.05) is 12.2 Å². The van der Waals surface area contributed by atoms with Crippen LogP contribution in [0, 0.1) is 0 Å². The average Bonchev–Trinajstić information content (AvgIpc) is 2.70. The van der Waals surface area contributed by atoms with Gasteiger partial charge >= 0.3 is 5.97 Å². The molecule has 5 nitrogen and oxygen atoms in total. The summed E-state index contributed by atoms with van der Waals surface area (Å²) >= 11 is 0. The van der Waals surface area contributed by atoms with Gasteiger partial charge < -0.3 is 14.4 Å². The summed E-state index contributed by atoms with van der Waals surface area (Å²) in [6.45, 7) is 2.19. The molecule has 0 radical (unpaired) electrons. The van der Waals surface area contributed by atoms with E-state index in [1.165, 1.54) is 0 Å². The predicted molar refractivity (Wildman–Crippen MR) is 99.4 cm³/mol. The molecular weight excluding hydrogens is 330 g/mol. The number of esters is 1. The van der Waals surface area contributed by atoms with E-state index < -0.39 is 5.97 Å². The number of fused-ring (bicyclic) bond motifs is 1. The lowest BCUT2D eigenvalue weighted by molar-refractivity contribution is -0.149. The molecule has 2 aromatic carbocycles. The van der Waals surface area contributed by atoms with Crippen LogP contribution >= 0.6 is 0 Å². The number of aryl methyl sites for hydroxylation is 2. The zero-order chi connectivity index (χ0) is 18.4. The molecule has 0 aliphatic carbocycles. The Morgan fingerprint density at radius 1 is 1.04 bits per heavy atom. The fourth-order valence-corrected chi connectivity index (χ4v) is 3.13. The van der Waals surface area contributed by atoms with Crippen molar-refractivity contribution < 1.29 is 19.1 Å². The molecule has 26 heavy (non-hydrogen) atoms. The number of ether oxygens (including phenoxy) is 2. The van der Waals surface area contributed by atoms with Crippen molar-refractivity contribution in [3.05, 3.63) is 59.7 Å². The number of hydrogen-bond acceptors (Lipinski definition) is 4. The van der Waals surface area contributed by atoms with E-state index in [9.17, 15) is 9.59 Å². The van der Waals surface area contributed by atoms with Gasteiger partial charge in [-0.25, -0.2) is 4.79 Å². The third-order valence-electron chi connectivity index (χ3n) is 4.47. The molecule has 1 aliphatic rings. The van der Waals surface area contributed by atoms with Crippen LogP contribution < -0.4 is 9.64 Å². The lowest BCUT2D eigenvalue weighted by Gasteiger charge is -2.29. The summed E-state index contributed by atoms with van der Waals surface area (Å²) in [6, 6.07) is 15.4. The molecule has 0 aromatic heterocycles. The first-order valence-electron chi connectivity index (χ1n) is 8.93. The molecule has 0 atom stereocenters. The zero-order valence-electron chi connectivity index (χ0n) is 14.9. The highest BCUT2D eigenvalue weighted by Gasteiger charge is 2.23. The Balaban J connectivity index is 1.51. The molecule has 0 saturated heterocycles. The standard InChI is InChI=1S/C21H23NO4/c1-2-16-8-4-6-12-19(16)25-15-21(24)26-14-20(23)22-13-7-10-17-9-3-5-11-18(17)22/h3-6,8-9,11-12H,2,7,10,13-15H2,1H3. The van der Waals surface area contributed by atoms with Gasteiger partial charge in [0.15, 0.2) is 13.2 Å². The number of carbonyl (C=O) groups excluding carboxylic acids is 2. The topological polar surface area (TPSA) is 55.8 Å². The van der Waals surface area contributed by atoms with Crippen molar-refractivity contribution in [3.63, 3.8) is 0 Å². The van der Waals surface area contributed by atoms with Crippen LogP contribution in [-0.4, -0.2) is 31.6 Å². The van der Waals surface area contributed by atoms with Crippen LogP contribution in [-0.2, 0) is 27.2 Å². The lowest BCUT2D eigenvalue weighted by Crippen LogP contribution is -2.38. The normalized spacial score (nSPS) is 13.0. The van der Waals surface area contributed by atoms with Crippen molar-refractivity contribution in [2.75, 3.05) is 24.7 Å². The predicted octanol–water partition coefficient (Wildman–Crippen LogP) is 3.15. The summed E-state index contributed by atoms with van der Waals surface area (Å²) < 4.78 is 10.6. The van der Waals surface area contributed by atoms with Crippen molar-refractivity contribution in [2.24, 2.45) is 0 Å². The number of hydrogen-bond donors (Lipinski definition) is 0. The number of rotatable bonds is 6. The molecule has 3 rings (SSSR count). The molecule has 1 heterocycles. The monoisotopic (exact) mass is 353 g/mol. The Labute approximate surface area is 153 Å². The molecule has 5 heteroatoms. The van der Waals surface area contributed by atoms with Crippen molar-refractivity contribution >= 4 is 17.6 Å². The summed E-state index contributed by atoms with van der Waals surface area (Å²) in [5, 5.41) is 0. The highest BCUT2D eigenvalue weighted by molar-refractivity contribution is 5.96. The van der Waals surface area contributed by atoms with Gasteiger partial charge in [0.05, 0.1) is 0 Å². The largest absolute Gasteiger partial charge is 0.482 e. The summed E-state index contributed by atoms with van der Waals surface area (Å²) in [4.78, 5) is 26.1. The SMILES string of the molecule is CCc1ccccc1OCC(=O)OCC(=O)N1CCCc2ccccc21. The molecule has 0 saturated carbocycles. The molecular formula is C21H23NO4. The van der Waals surface area contributed by atoms with Crippen molar-refractivity contribution in [2.45, 2.75) is 26.2 Å². The Morgan fingerprint density at radius 3 is 2.65 bits per heavy atom. The number of nitrogens with zero attached hydrogens (tertiary/aromatic N) is 1. The highest BCUT2D eigenvalue weighted by Crippen LogP contribution is 2.26. The second kappa shape index (κ2) is 8.52. The Bertz CT molecular complexity index is 787. The lowest BCUT2D eigenvalue weighted by atomic mass is 10.0. The summed E-state index contributed by atoms with van der Waals surface area (Å²) in [5.74, 6) is -0.0859. The molecule has 0 bridgehead atoms. The fraction of sp³-hybridized carbons (Fsp3) is 0.333. The molecule has 0 spiro atoms. The van der Waals surface area contributed by atoms with Crippen LogP contribution in [0.3, 0.4) is 0 Å². The third kappa shape index (κ3) is 4.23. The van der Waals surface area contributed by atoms with E-state index in [4.69, 9.17) is 9.47 Å². The molecule has 136 valence electrons. The van der Waals surface area contributed by atoms with Crippen LogP contribution in [0.15, 0.2) is 48.5 Å². The molecule has 2 aromatic rings. The van der Waals surface area contributed by atoms with Crippen LogP contribution in [0.1, 0.15) is 24.5 Å². The minimum Gasteiger partial charge on any atom is -0.482 e. The van der Waals surface area contributed by atoms with Gasteiger partial charge in [-0.05, 0) is 42.5 Å². The second-order valence-electron chi connectivity index (χ2n) is 6.19. The maximum absolute atomic E-state index is 12.4. The maximum atomic E-state index is 12.4. The van der Waals surface area contributed by atoms with E-state index in [2.05, 4.69) is 0 Å². The van der Waals surface area contributed by atoms with Crippen LogP contribution in [0.25, 0.3) is 0 Å². The minimum atomic E-state index is -0.547. The van der Waals surface area contributed by atoms with E-state index in [1.807, 2.05) is 55.5 Å². The Kier molecular flexibility index (Phi) is 5.89. The number of carbonyl (C=O) groups is 2. The first kappa shape index (κ1) is 18.0. The van der Waals surface area contributed by atoms with Gasteiger partial charge in [-0.3, -0.25) is 4.79 Å². The van der Waals surface area contributed by atoms with Crippen LogP contribution in [0.4, 0.5) is 5.69 Å². The maximum Gasteiger partial charge on any atom is 0.344 e. The van der Waals surface area contributed by atoms with Gasteiger partial charge in [-0.15, -0.1) is 0 Å². The van der Waals surface area contributed by atoms with Crippen LogP contribution in [0.2, 0.25) is 0 Å². The van der Waals surface area contributed by atoms with Gasteiger partial charge in [-0.1, -0.05) is 43.3 Å². The molecule has 0 N–H and O–H groups in total. The molecule has 1 amide bonds. The van der Waals surface area contributed by atoms with E-state index in [-0.39, 0.29) is 19.1 Å². The number of amides is 1. The summed E-state index contributed by atoms with van der Waals surface area (Å²) in [6.07, 6.45) is 2.69. The quantitative estimate of drug-likeness (QED) is 0.749. The third-order valence-corrected chi connectivity index (χ3v) is 4.47. The first-order valence-corrected chi connectivity index (χ1v) is 8.93. The van der Waals surface area contributed by atoms with Gasteiger partial charge in [-0.2, -0.15) is 0 Å². The molecule has 0 fully saturated rings. The molecule has 1 aliphatic heterocycles. The summed E-state index contributed by atoms with van der Waals surface area (Å²) in [7, 11) is 0. The van der Waals surface area contributed by atoms with Crippen molar-refractivity contribution in [1.82, 2.24) is 0 Å². The Hall–Kier alpha value is -2.82. The van der Waals surface area contributed by atoms with Gasteiger partial charge in [0.1, 0.15) is 5.75 Å². The fourth-order valence-electron chi connectivity index (χ4n) is 3.13. The first-order chi connectivity index (χ1) is 12.7. The minimum absolute atomic E-state index is 0.207. The average molecular weight is 353 g/mol. The van der Waals surface area contributed by atoms with Gasteiger partial charge in [0.25, 0.3) is 5.91 Å².